The van der Waals surface area contributed by atoms with E-state index in [0.717, 1.165) is 13.1 Å². The van der Waals surface area contributed by atoms with Gasteiger partial charge in [-0.2, -0.15) is 0 Å². The first-order chi connectivity index (χ1) is 10.3. The second kappa shape index (κ2) is 6.15. The quantitative estimate of drug-likeness (QED) is 0.821. The summed E-state index contributed by atoms with van der Waals surface area (Å²) in [5, 5.41) is 4.84. The van der Waals surface area contributed by atoms with Crippen LogP contribution in [0.4, 0.5) is 0 Å². The first-order valence-corrected chi connectivity index (χ1v) is 7.71. The van der Waals surface area contributed by atoms with E-state index in [-0.39, 0.29) is 0 Å². The van der Waals surface area contributed by atoms with Crippen molar-refractivity contribution in [1.82, 2.24) is 10.0 Å². The number of hydrogen-bond acceptors (Lipinski definition) is 2. The van der Waals surface area contributed by atoms with E-state index in [1.165, 1.54) is 16.8 Å². The maximum Gasteiger partial charge on any atom is 0.0747 e. The lowest BCUT2D eigenvalue weighted by atomic mass is 10.0. The van der Waals surface area contributed by atoms with E-state index in [0.29, 0.717) is 6.04 Å². The highest BCUT2D eigenvalue weighted by Crippen LogP contribution is 2.37. The zero-order valence-corrected chi connectivity index (χ0v) is 12.7. The summed E-state index contributed by atoms with van der Waals surface area (Å²) in [6, 6.07) is 21.7. The molecule has 0 bridgehead atoms. The predicted molar refractivity (Wildman–Crippen MR) is 88.4 cm³/mol. The van der Waals surface area contributed by atoms with Crippen LogP contribution in [0.5, 0.6) is 0 Å². The van der Waals surface area contributed by atoms with Crippen LogP contribution < -0.4 is 0 Å². The van der Waals surface area contributed by atoms with Crippen LogP contribution in [0.1, 0.15) is 31.0 Å². The van der Waals surface area contributed by atoms with Crippen LogP contribution in [0.3, 0.4) is 0 Å². The molecule has 1 aliphatic rings. The molecular formula is C19H22N2. The Bertz CT molecular complexity index is 604. The number of nitrogens with zero attached hydrogens (tertiary/aromatic N) is 2. The highest BCUT2D eigenvalue weighted by atomic mass is 15.6. The highest BCUT2D eigenvalue weighted by molar-refractivity contribution is 5.66. The molecule has 0 aliphatic carbocycles. The number of hydrogen-bond donors (Lipinski definition) is 0. The summed E-state index contributed by atoms with van der Waals surface area (Å²) in [4.78, 5) is 0. The van der Waals surface area contributed by atoms with Crippen LogP contribution in [0.25, 0.3) is 5.70 Å². The Hall–Kier alpha value is -2.06. The standard InChI is InChI=1S/C19H22N2/c1-3-20-18(16-11-7-5-8-12-16)15-19(21(20)4-2)17-13-9-6-10-14-17/h5-15,18H,3-4H2,1-2H3. The molecule has 0 aromatic heterocycles. The van der Waals surface area contributed by atoms with E-state index in [4.69, 9.17) is 0 Å². The van der Waals surface area contributed by atoms with Crippen LogP contribution in [0.15, 0.2) is 66.7 Å². The van der Waals surface area contributed by atoms with Gasteiger partial charge in [0, 0.05) is 13.1 Å². The van der Waals surface area contributed by atoms with Gasteiger partial charge in [-0.15, -0.1) is 0 Å². The Morgan fingerprint density at radius 3 is 2.00 bits per heavy atom. The Morgan fingerprint density at radius 2 is 1.43 bits per heavy atom. The van der Waals surface area contributed by atoms with E-state index >= 15 is 0 Å². The van der Waals surface area contributed by atoms with Gasteiger partial charge in [-0.05, 0) is 24.1 Å². The van der Waals surface area contributed by atoms with Gasteiger partial charge < -0.3 is 5.01 Å². The fraction of sp³-hybridized carbons (Fsp3) is 0.263. The molecule has 0 fully saturated rings. The van der Waals surface area contributed by atoms with Gasteiger partial charge in [-0.1, -0.05) is 67.6 Å². The van der Waals surface area contributed by atoms with Crippen LogP contribution in [0, 0.1) is 0 Å². The lowest BCUT2D eigenvalue weighted by Gasteiger charge is -2.34. The van der Waals surface area contributed by atoms with E-state index in [1.54, 1.807) is 0 Å². The normalized spacial score (nSPS) is 18.9. The third-order valence-electron chi connectivity index (χ3n) is 4.06. The number of hydrazine groups is 1. The summed E-state index contributed by atoms with van der Waals surface area (Å²) >= 11 is 0. The zero-order valence-electron chi connectivity index (χ0n) is 12.7. The molecule has 2 aromatic carbocycles. The van der Waals surface area contributed by atoms with Crippen molar-refractivity contribution in [1.29, 1.82) is 0 Å². The second-order valence-electron chi connectivity index (χ2n) is 5.24. The van der Waals surface area contributed by atoms with E-state index in [1.807, 2.05) is 0 Å². The molecule has 0 amide bonds. The van der Waals surface area contributed by atoms with Crippen LogP contribution in [-0.2, 0) is 0 Å². The Balaban J connectivity index is 2.02. The molecule has 21 heavy (non-hydrogen) atoms. The van der Waals surface area contributed by atoms with Gasteiger partial charge in [-0.3, -0.25) is 0 Å². The van der Waals surface area contributed by atoms with E-state index in [9.17, 15) is 0 Å². The Kier molecular flexibility index (Phi) is 4.07. The van der Waals surface area contributed by atoms with Crippen molar-refractivity contribution in [2.75, 3.05) is 13.1 Å². The molecule has 0 saturated carbocycles. The van der Waals surface area contributed by atoms with Crippen molar-refractivity contribution in [3.05, 3.63) is 77.9 Å². The number of benzene rings is 2. The molecule has 1 atom stereocenters. The minimum Gasteiger partial charge on any atom is -0.305 e. The number of likely N-dealkylation sites (N-methyl/N-ethyl adjacent to an activating group) is 1. The molecule has 2 heteroatoms. The maximum absolute atomic E-state index is 2.44. The third kappa shape index (κ3) is 2.59. The van der Waals surface area contributed by atoms with Crippen molar-refractivity contribution >= 4 is 5.70 Å². The lowest BCUT2D eigenvalue weighted by molar-refractivity contribution is 0.0349. The largest absolute Gasteiger partial charge is 0.305 e. The minimum absolute atomic E-state index is 0.325. The average Bonchev–Trinajstić information content (AvgIpc) is 2.95. The van der Waals surface area contributed by atoms with Gasteiger partial charge in [0.25, 0.3) is 0 Å². The van der Waals surface area contributed by atoms with Crippen molar-refractivity contribution in [2.24, 2.45) is 0 Å². The highest BCUT2D eigenvalue weighted by Gasteiger charge is 2.31. The van der Waals surface area contributed by atoms with E-state index < -0.39 is 0 Å². The maximum atomic E-state index is 2.44. The van der Waals surface area contributed by atoms with Crippen LogP contribution in [-0.4, -0.2) is 23.1 Å². The summed E-state index contributed by atoms with van der Waals surface area (Å²) in [6.07, 6.45) is 2.39. The Morgan fingerprint density at radius 1 is 0.810 bits per heavy atom. The van der Waals surface area contributed by atoms with Gasteiger partial charge in [0.05, 0.1) is 11.7 Å². The van der Waals surface area contributed by atoms with Crippen molar-refractivity contribution < 1.29 is 0 Å². The molecule has 0 spiro atoms. The topological polar surface area (TPSA) is 6.48 Å². The molecule has 0 radical (unpaired) electrons. The fourth-order valence-corrected chi connectivity index (χ4v) is 3.10. The summed E-state index contributed by atoms with van der Waals surface area (Å²) in [6.45, 7) is 6.42. The van der Waals surface area contributed by atoms with Crippen molar-refractivity contribution in [3.8, 4) is 0 Å². The van der Waals surface area contributed by atoms with Crippen LogP contribution >= 0.6 is 0 Å². The Labute approximate surface area is 127 Å². The predicted octanol–water partition coefficient (Wildman–Crippen LogP) is 4.34. The van der Waals surface area contributed by atoms with Gasteiger partial charge >= 0.3 is 0 Å². The molecule has 108 valence electrons. The molecule has 0 N–H and O–H groups in total. The summed E-state index contributed by atoms with van der Waals surface area (Å²) in [5.41, 5.74) is 3.95. The van der Waals surface area contributed by atoms with Gasteiger partial charge in [0.2, 0.25) is 0 Å². The molecule has 2 aromatic rings. The van der Waals surface area contributed by atoms with Gasteiger partial charge in [0.15, 0.2) is 0 Å². The lowest BCUT2D eigenvalue weighted by Crippen LogP contribution is -2.38. The fourth-order valence-electron chi connectivity index (χ4n) is 3.10. The third-order valence-corrected chi connectivity index (χ3v) is 4.06. The zero-order chi connectivity index (χ0) is 14.7. The second-order valence-corrected chi connectivity index (χ2v) is 5.24. The van der Waals surface area contributed by atoms with E-state index in [2.05, 4.69) is 90.6 Å². The number of rotatable bonds is 4. The smallest absolute Gasteiger partial charge is 0.0747 e. The molecule has 1 aliphatic heterocycles. The molecule has 3 rings (SSSR count). The molecule has 1 unspecified atom stereocenters. The molecular weight excluding hydrogens is 256 g/mol. The van der Waals surface area contributed by atoms with Crippen molar-refractivity contribution in [3.63, 3.8) is 0 Å². The van der Waals surface area contributed by atoms with Crippen LogP contribution in [0.2, 0.25) is 0 Å². The van der Waals surface area contributed by atoms with Crippen molar-refractivity contribution in [2.45, 2.75) is 19.9 Å². The summed E-state index contributed by atoms with van der Waals surface area (Å²) in [5.74, 6) is 0. The van der Waals surface area contributed by atoms with Gasteiger partial charge in [-0.25, -0.2) is 5.01 Å². The molecule has 1 heterocycles. The monoisotopic (exact) mass is 278 g/mol. The first kappa shape index (κ1) is 13.9. The first-order valence-electron chi connectivity index (χ1n) is 7.71. The average molecular weight is 278 g/mol. The molecule has 0 saturated heterocycles. The van der Waals surface area contributed by atoms with Gasteiger partial charge in [0.1, 0.15) is 0 Å². The summed E-state index contributed by atoms with van der Waals surface area (Å²) in [7, 11) is 0. The summed E-state index contributed by atoms with van der Waals surface area (Å²) < 4.78 is 0. The molecule has 2 nitrogen and oxygen atoms in total. The minimum atomic E-state index is 0.325. The SMILES string of the molecule is CCN1C(c2ccccc2)=CC(c2ccccc2)N1CC.